The second kappa shape index (κ2) is 12.1. The number of hydrogen-bond donors (Lipinski definition) is 1. The monoisotopic (exact) mass is 373 g/mol. The zero-order valence-electron chi connectivity index (χ0n) is 17.2. The van der Waals surface area contributed by atoms with Crippen LogP contribution in [-0.2, 0) is 16.0 Å². The van der Waals surface area contributed by atoms with E-state index in [-0.39, 0.29) is 6.42 Å². The average Bonchev–Trinajstić information content (AvgIpc) is 2.66. The molecule has 148 valence electrons. The fraction of sp³-hybridized carbons (Fsp3) is 0.435. The molecule has 4 heteroatoms. The average molecular weight is 374 g/mol. The van der Waals surface area contributed by atoms with Gasteiger partial charge in [-0.15, -0.1) is 0 Å². The van der Waals surface area contributed by atoms with Crippen molar-refractivity contribution in [1.29, 1.82) is 0 Å². The summed E-state index contributed by atoms with van der Waals surface area (Å²) in [7, 11) is 1.30. The highest BCUT2D eigenvalue weighted by molar-refractivity contribution is 5.72. The Morgan fingerprint density at radius 2 is 1.96 bits per heavy atom. The van der Waals surface area contributed by atoms with Gasteiger partial charge in [-0.05, 0) is 55.5 Å². The molecular formula is C23H32FNO2. The summed E-state index contributed by atoms with van der Waals surface area (Å²) in [6.45, 7) is 8.58. The van der Waals surface area contributed by atoms with Crippen molar-refractivity contribution >= 4 is 11.7 Å². The topological polar surface area (TPSA) is 38.3 Å². The van der Waals surface area contributed by atoms with Crippen molar-refractivity contribution in [2.75, 3.05) is 12.4 Å². The molecule has 0 atom stereocenters. The van der Waals surface area contributed by atoms with Crippen LogP contribution in [0.25, 0.3) is 0 Å². The molecule has 0 spiro atoms. The van der Waals surface area contributed by atoms with Crippen molar-refractivity contribution in [3.05, 3.63) is 64.7 Å². The van der Waals surface area contributed by atoms with Crippen LogP contribution in [0.4, 0.5) is 10.1 Å². The van der Waals surface area contributed by atoms with E-state index in [1.165, 1.54) is 24.3 Å². The highest BCUT2D eigenvalue weighted by Gasteiger charge is 2.09. The Morgan fingerprint density at radius 3 is 2.52 bits per heavy atom. The van der Waals surface area contributed by atoms with Crippen LogP contribution >= 0.6 is 0 Å². The SMILES string of the molecule is CC/C=C(/C=C\C(CCC)=C(/C)CC)Nc1ccc(CC(=O)OC)c(F)c1. The number of ether oxygens (including phenoxy) is 1. The summed E-state index contributed by atoms with van der Waals surface area (Å²) in [5.41, 5.74) is 4.65. The number of halogens is 1. The summed E-state index contributed by atoms with van der Waals surface area (Å²) in [6.07, 6.45) is 10.3. The molecule has 0 fully saturated rings. The second-order valence-electron chi connectivity index (χ2n) is 6.49. The molecule has 1 aromatic rings. The third-order valence-electron chi connectivity index (χ3n) is 4.39. The molecule has 0 bridgehead atoms. The number of carbonyl (C=O) groups is 1. The Bertz CT molecular complexity index is 717. The molecular weight excluding hydrogens is 341 g/mol. The number of methoxy groups -OCH3 is 1. The van der Waals surface area contributed by atoms with E-state index in [0.29, 0.717) is 11.3 Å². The zero-order chi connectivity index (χ0) is 20.2. The molecule has 0 aromatic heterocycles. The Labute approximate surface area is 163 Å². The molecule has 0 heterocycles. The van der Waals surface area contributed by atoms with Crippen LogP contribution in [0.3, 0.4) is 0 Å². The maximum Gasteiger partial charge on any atom is 0.310 e. The number of benzene rings is 1. The van der Waals surface area contributed by atoms with Gasteiger partial charge in [0.1, 0.15) is 5.82 Å². The lowest BCUT2D eigenvalue weighted by atomic mass is 10.0. The number of rotatable bonds is 10. The Kier molecular flexibility index (Phi) is 10.2. The predicted octanol–water partition coefficient (Wildman–Crippen LogP) is 6.33. The lowest BCUT2D eigenvalue weighted by molar-refractivity contribution is -0.139. The second-order valence-corrected chi connectivity index (χ2v) is 6.49. The van der Waals surface area contributed by atoms with E-state index in [4.69, 9.17) is 0 Å². The number of nitrogens with one attached hydrogen (secondary N) is 1. The Hall–Kier alpha value is -2.36. The smallest absolute Gasteiger partial charge is 0.310 e. The largest absolute Gasteiger partial charge is 0.469 e. The van der Waals surface area contributed by atoms with Crippen LogP contribution in [-0.4, -0.2) is 13.1 Å². The number of esters is 1. The Balaban J connectivity index is 2.98. The van der Waals surface area contributed by atoms with Crippen LogP contribution in [0, 0.1) is 5.82 Å². The quantitative estimate of drug-likeness (QED) is 0.385. The minimum atomic E-state index is -0.453. The number of hydrogen-bond acceptors (Lipinski definition) is 3. The van der Waals surface area contributed by atoms with Crippen molar-refractivity contribution in [3.63, 3.8) is 0 Å². The first-order valence-electron chi connectivity index (χ1n) is 9.64. The van der Waals surface area contributed by atoms with Gasteiger partial charge < -0.3 is 10.1 Å². The van der Waals surface area contributed by atoms with Gasteiger partial charge in [-0.2, -0.15) is 0 Å². The van der Waals surface area contributed by atoms with Gasteiger partial charge in [0.15, 0.2) is 0 Å². The van der Waals surface area contributed by atoms with Crippen molar-refractivity contribution < 1.29 is 13.9 Å². The van der Waals surface area contributed by atoms with Crippen LogP contribution < -0.4 is 5.32 Å². The fourth-order valence-corrected chi connectivity index (χ4v) is 2.67. The van der Waals surface area contributed by atoms with Gasteiger partial charge >= 0.3 is 5.97 Å². The first-order chi connectivity index (χ1) is 12.9. The van der Waals surface area contributed by atoms with Crippen LogP contribution in [0.1, 0.15) is 58.9 Å². The summed E-state index contributed by atoms with van der Waals surface area (Å²) in [5, 5.41) is 3.27. The van der Waals surface area contributed by atoms with Gasteiger partial charge in [-0.1, -0.05) is 51.0 Å². The first kappa shape index (κ1) is 22.7. The molecule has 1 N–H and O–H groups in total. The standard InChI is InChI=1S/C23H32FNO2/c1-6-9-18(17(4)8-3)11-13-20(10-7-2)25-21-14-12-19(22(24)16-21)15-23(26)27-5/h10-14,16,25H,6-9,15H2,1-5H3/b13-11-,18-17+,20-10-. The van der Waals surface area contributed by atoms with E-state index in [1.54, 1.807) is 12.1 Å². The minimum absolute atomic E-state index is 0.0678. The summed E-state index contributed by atoms with van der Waals surface area (Å²) in [4.78, 5) is 11.3. The van der Waals surface area contributed by atoms with Gasteiger partial charge in [0.2, 0.25) is 0 Å². The van der Waals surface area contributed by atoms with E-state index in [0.717, 1.165) is 31.4 Å². The molecule has 0 unspecified atom stereocenters. The maximum atomic E-state index is 14.3. The lowest BCUT2D eigenvalue weighted by Gasteiger charge is -2.11. The molecule has 0 aliphatic rings. The van der Waals surface area contributed by atoms with E-state index >= 15 is 0 Å². The minimum Gasteiger partial charge on any atom is -0.469 e. The molecule has 0 amide bonds. The van der Waals surface area contributed by atoms with Gasteiger partial charge in [-0.25, -0.2) is 4.39 Å². The summed E-state index contributed by atoms with van der Waals surface area (Å²) in [6, 6.07) is 4.81. The van der Waals surface area contributed by atoms with Crippen LogP contribution in [0.2, 0.25) is 0 Å². The molecule has 0 aliphatic heterocycles. The van der Waals surface area contributed by atoms with Crippen molar-refractivity contribution in [1.82, 2.24) is 0 Å². The molecule has 3 nitrogen and oxygen atoms in total. The zero-order valence-corrected chi connectivity index (χ0v) is 17.2. The van der Waals surface area contributed by atoms with E-state index in [9.17, 15) is 9.18 Å². The van der Waals surface area contributed by atoms with Crippen LogP contribution in [0.15, 0.2) is 53.3 Å². The lowest BCUT2D eigenvalue weighted by Crippen LogP contribution is -2.06. The number of carbonyl (C=O) groups excluding carboxylic acids is 1. The fourth-order valence-electron chi connectivity index (χ4n) is 2.67. The highest BCUT2D eigenvalue weighted by atomic mass is 19.1. The molecule has 0 saturated heterocycles. The maximum absolute atomic E-state index is 14.3. The number of anilines is 1. The first-order valence-corrected chi connectivity index (χ1v) is 9.64. The Morgan fingerprint density at radius 1 is 1.22 bits per heavy atom. The van der Waals surface area contributed by atoms with Crippen molar-refractivity contribution in [2.45, 2.75) is 59.8 Å². The van der Waals surface area contributed by atoms with Crippen molar-refractivity contribution in [3.8, 4) is 0 Å². The third-order valence-corrected chi connectivity index (χ3v) is 4.39. The van der Waals surface area contributed by atoms with Gasteiger partial charge in [0, 0.05) is 11.4 Å². The van der Waals surface area contributed by atoms with Gasteiger partial charge in [-0.3, -0.25) is 4.79 Å². The van der Waals surface area contributed by atoms with Crippen LogP contribution in [0.5, 0.6) is 0 Å². The highest BCUT2D eigenvalue weighted by Crippen LogP contribution is 2.20. The summed E-state index contributed by atoms with van der Waals surface area (Å²) in [5.74, 6) is -0.871. The van der Waals surface area contributed by atoms with E-state index in [2.05, 4.69) is 49.9 Å². The summed E-state index contributed by atoms with van der Waals surface area (Å²) < 4.78 is 18.9. The van der Waals surface area contributed by atoms with Gasteiger partial charge in [0.05, 0.1) is 13.5 Å². The van der Waals surface area contributed by atoms with E-state index in [1.807, 2.05) is 6.08 Å². The molecule has 0 saturated carbocycles. The molecule has 27 heavy (non-hydrogen) atoms. The normalized spacial score (nSPS) is 12.9. The third kappa shape index (κ3) is 7.81. The molecule has 0 radical (unpaired) electrons. The predicted molar refractivity (Wildman–Crippen MR) is 111 cm³/mol. The number of allylic oxidation sites excluding steroid dienone is 5. The van der Waals surface area contributed by atoms with E-state index < -0.39 is 11.8 Å². The molecule has 1 rings (SSSR count). The van der Waals surface area contributed by atoms with Gasteiger partial charge in [0.25, 0.3) is 0 Å². The summed E-state index contributed by atoms with van der Waals surface area (Å²) >= 11 is 0. The van der Waals surface area contributed by atoms with Crippen molar-refractivity contribution in [2.24, 2.45) is 0 Å². The molecule has 1 aromatic carbocycles. The molecule has 0 aliphatic carbocycles.